The van der Waals surface area contributed by atoms with E-state index >= 15 is 0 Å². The van der Waals surface area contributed by atoms with Crippen molar-refractivity contribution in [3.63, 3.8) is 0 Å². The minimum absolute atomic E-state index is 0.0624. The molecule has 6 heteroatoms. The topological polar surface area (TPSA) is 77.8 Å². The quantitative estimate of drug-likeness (QED) is 0.388. The minimum Gasteiger partial charge on any atom is -0.481 e. The lowest BCUT2D eigenvalue weighted by atomic mass is 9.85. The van der Waals surface area contributed by atoms with E-state index in [0.29, 0.717) is 24.3 Å². The van der Waals surface area contributed by atoms with Crippen LogP contribution >= 0.6 is 11.6 Å². The van der Waals surface area contributed by atoms with E-state index in [1.54, 1.807) is 24.3 Å². The number of carbonyl (C=O) groups is 1. The monoisotopic (exact) mass is 426 g/mol. The Morgan fingerprint density at radius 2 is 1.97 bits per heavy atom. The summed E-state index contributed by atoms with van der Waals surface area (Å²) in [4.78, 5) is 10.5. The molecule has 4 atom stereocenters. The molecule has 3 N–H and O–H groups in total. The number of aliphatic hydroxyl groups is 2. The third-order valence-corrected chi connectivity index (χ3v) is 6.22. The van der Waals surface area contributed by atoms with Gasteiger partial charge in [0.1, 0.15) is 5.82 Å². The molecule has 1 fully saturated rings. The van der Waals surface area contributed by atoms with Crippen LogP contribution in [-0.2, 0) is 4.79 Å². The van der Waals surface area contributed by atoms with Gasteiger partial charge in [0.05, 0.1) is 17.2 Å². The highest BCUT2D eigenvalue weighted by Crippen LogP contribution is 2.39. The summed E-state index contributed by atoms with van der Waals surface area (Å²) in [7, 11) is 0. The Bertz CT molecular complexity index is 679. The second-order valence-electron chi connectivity index (χ2n) is 8.06. The average Bonchev–Trinajstić information content (AvgIpc) is 3.03. The molecule has 0 amide bonds. The lowest BCUT2D eigenvalue weighted by Gasteiger charge is -2.22. The Balaban J connectivity index is 1.74. The summed E-state index contributed by atoms with van der Waals surface area (Å²) in [6.45, 7) is 0. The maximum atomic E-state index is 13.9. The highest BCUT2D eigenvalue weighted by atomic mass is 35.5. The van der Waals surface area contributed by atoms with E-state index in [-0.39, 0.29) is 23.5 Å². The summed E-state index contributed by atoms with van der Waals surface area (Å²) in [5.41, 5.74) is 0.355. The molecular formula is C23H32ClFO4. The summed E-state index contributed by atoms with van der Waals surface area (Å²) in [6, 6.07) is 4.77. The van der Waals surface area contributed by atoms with Gasteiger partial charge in [0.25, 0.3) is 0 Å². The predicted molar refractivity (Wildman–Crippen MR) is 113 cm³/mol. The Morgan fingerprint density at radius 1 is 1.21 bits per heavy atom. The molecule has 29 heavy (non-hydrogen) atoms. The molecule has 4 nitrogen and oxygen atoms in total. The van der Waals surface area contributed by atoms with Crippen LogP contribution in [0.15, 0.2) is 24.3 Å². The standard InChI is InChI=1S/C23H32ClFO4/c24-20-8-5-6-17(23(20)25)11-14-18(26)13-10-16-12-15-21(27)19(16)7-3-1-2-4-9-22(28)29/h5-6,8,11,14,16,18-19,21,26-27H,1-4,7,9-10,12-13,15H2,(H,28,29)/b14-11+/t16-,18?,19+,21-/m0/s1. The van der Waals surface area contributed by atoms with Gasteiger partial charge in [-0.2, -0.15) is 0 Å². The van der Waals surface area contributed by atoms with Crippen LogP contribution in [-0.4, -0.2) is 33.5 Å². The van der Waals surface area contributed by atoms with Crippen LogP contribution < -0.4 is 0 Å². The first-order valence-corrected chi connectivity index (χ1v) is 11.0. The van der Waals surface area contributed by atoms with Gasteiger partial charge in [-0.05, 0) is 56.4 Å². The second-order valence-corrected chi connectivity index (χ2v) is 8.47. The van der Waals surface area contributed by atoms with Crippen LogP contribution in [0.5, 0.6) is 0 Å². The van der Waals surface area contributed by atoms with Crippen molar-refractivity contribution in [2.75, 3.05) is 0 Å². The fraction of sp³-hybridized carbons (Fsp3) is 0.609. The summed E-state index contributed by atoms with van der Waals surface area (Å²) in [6.07, 6.45) is 10.1. The summed E-state index contributed by atoms with van der Waals surface area (Å²) in [5.74, 6) is -0.604. The largest absolute Gasteiger partial charge is 0.481 e. The third kappa shape index (κ3) is 8.07. The first-order valence-electron chi connectivity index (χ1n) is 10.6. The minimum atomic E-state index is -0.748. The maximum Gasteiger partial charge on any atom is 0.303 e. The Labute approximate surface area is 177 Å². The molecule has 0 saturated heterocycles. The Hall–Kier alpha value is -1.43. The Morgan fingerprint density at radius 3 is 2.72 bits per heavy atom. The van der Waals surface area contributed by atoms with E-state index in [1.165, 1.54) is 6.07 Å². The van der Waals surface area contributed by atoms with E-state index in [4.69, 9.17) is 16.7 Å². The van der Waals surface area contributed by atoms with Gasteiger partial charge in [0, 0.05) is 12.0 Å². The lowest BCUT2D eigenvalue weighted by Crippen LogP contribution is -2.20. The number of hydrogen-bond acceptors (Lipinski definition) is 3. The molecule has 0 radical (unpaired) electrons. The molecule has 1 saturated carbocycles. The van der Waals surface area contributed by atoms with Gasteiger partial charge in [-0.15, -0.1) is 0 Å². The van der Waals surface area contributed by atoms with Crippen molar-refractivity contribution >= 4 is 23.6 Å². The zero-order valence-corrected chi connectivity index (χ0v) is 17.5. The molecule has 1 aromatic rings. The van der Waals surface area contributed by atoms with Gasteiger partial charge in [0.15, 0.2) is 0 Å². The van der Waals surface area contributed by atoms with Gasteiger partial charge in [-0.3, -0.25) is 4.79 Å². The number of halogens is 2. The van der Waals surface area contributed by atoms with Gasteiger partial charge in [-0.25, -0.2) is 4.39 Å². The van der Waals surface area contributed by atoms with Crippen LogP contribution in [0, 0.1) is 17.7 Å². The average molecular weight is 427 g/mol. The number of unbranched alkanes of at least 4 members (excludes halogenated alkanes) is 3. The van der Waals surface area contributed by atoms with Crippen LogP contribution in [0.2, 0.25) is 5.02 Å². The number of aliphatic carboxylic acids is 1. The zero-order chi connectivity index (χ0) is 21.2. The molecule has 1 aromatic carbocycles. The number of aliphatic hydroxyl groups excluding tert-OH is 2. The molecule has 1 aliphatic rings. The summed E-state index contributed by atoms with van der Waals surface area (Å²) < 4.78 is 13.9. The summed E-state index contributed by atoms with van der Waals surface area (Å²) in [5, 5.41) is 29.3. The molecule has 1 unspecified atom stereocenters. The fourth-order valence-electron chi connectivity index (χ4n) is 4.27. The molecule has 0 spiro atoms. The van der Waals surface area contributed by atoms with Crippen molar-refractivity contribution < 1.29 is 24.5 Å². The van der Waals surface area contributed by atoms with Gasteiger partial charge >= 0.3 is 5.97 Å². The molecular weight excluding hydrogens is 395 g/mol. The van der Waals surface area contributed by atoms with Gasteiger partial charge in [-0.1, -0.05) is 55.1 Å². The van der Waals surface area contributed by atoms with E-state index < -0.39 is 17.9 Å². The number of carboxylic acids is 1. The number of carboxylic acid groups (broad SMARTS) is 1. The third-order valence-electron chi connectivity index (χ3n) is 5.92. The van der Waals surface area contributed by atoms with Crippen LogP contribution in [0.1, 0.15) is 69.8 Å². The highest BCUT2D eigenvalue weighted by Gasteiger charge is 2.34. The smallest absolute Gasteiger partial charge is 0.303 e. The summed E-state index contributed by atoms with van der Waals surface area (Å²) >= 11 is 5.77. The number of rotatable bonds is 12. The SMILES string of the molecule is O=C(O)CCCCCC[C@@H]1[C@@H](CCC(O)/C=C/c2cccc(Cl)c2F)CC[C@@H]1O. The second kappa shape index (κ2) is 12.3. The van der Waals surface area contributed by atoms with Crippen molar-refractivity contribution in [1.82, 2.24) is 0 Å². The van der Waals surface area contributed by atoms with E-state index in [1.807, 2.05) is 0 Å². The maximum absolute atomic E-state index is 13.9. The molecule has 0 heterocycles. The molecule has 2 rings (SSSR count). The van der Waals surface area contributed by atoms with Crippen LogP contribution in [0.25, 0.3) is 6.08 Å². The molecule has 0 aliphatic heterocycles. The van der Waals surface area contributed by atoms with Crippen LogP contribution in [0.3, 0.4) is 0 Å². The van der Waals surface area contributed by atoms with Gasteiger partial charge in [0.2, 0.25) is 0 Å². The number of hydrogen-bond donors (Lipinski definition) is 3. The van der Waals surface area contributed by atoms with Crippen molar-refractivity contribution in [1.29, 1.82) is 0 Å². The lowest BCUT2D eigenvalue weighted by molar-refractivity contribution is -0.137. The van der Waals surface area contributed by atoms with E-state index in [9.17, 15) is 19.4 Å². The van der Waals surface area contributed by atoms with Crippen molar-refractivity contribution in [2.24, 2.45) is 11.8 Å². The van der Waals surface area contributed by atoms with E-state index in [2.05, 4.69) is 0 Å². The molecule has 0 bridgehead atoms. The number of benzene rings is 1. The zero-order valence-electron chi connectivity index (χ0n) is 16.8. The van der Waals surface area contributed by atoms with Gasteiger partial charge < -0.3 is 15.3 Å². The molecule has 0 aromatic heterocycles. The van der Waals surface area contributed by atoms with Crippen molar-refractivity contribution in [2.45, 2.75) is 76.4 Å². The van der Waals surface area contributed by atoms with Crippen molar-refractivity contribution in [3.8, 4) is 0 Å². The molecule has 1 aliphatic carbocycles. The van der Waals surface area contributed by atoms with Crippen LogP contribution in [0.4, 0.5) is 4.39 Å². The first kappa shape index (κ1) is 23.8. The Kier molecular flexibility index (Phi) is 10.1. The first-order chi connectivity index (χ1) is 13.9. The normalized spacial score (nSPS) is 23.0. The fourth-order valence-corrected chi connectivity index (χ4v) is 4.45. The van der Waals surface area contributed by atoms with Crippen molar-refractivity contribution in [3.05, 3.63) is 40.7 Å². The molecule has 162 valence electrons. The van der Waals surface area contributed by atoms with E-state index in [0.717, 1.165) is 44.9 Å². The predicted octanol–water partition coefficient (Wildman–Crippen LogP) is 5.45. The highest BCUT2D eigenvalue weighted by molar-refractivity contribution is 6.30.